The van der Waals surface area contributed by atoms with Crippen molar-refractivity contribution in [1.29, 1.82) is 0 Å². The summed E-state index contributed by atoms with van der Waals surface area (Å²) in [6.45, 7) is 1.98. The third kappa shape index (κ3) is 3.47. The van der Waals surface area contributed by atoms with E-state index >= 15 is 0 Å². The first-order valence-electron chi connectivity index (χ1n) is 8.23. The van der Waals surface area contributed by atoms with Crippen molar-refractivity contribution < 1.29 is 23.1 Å². The highest BCUT2D eigenvalue weighted by Crippen LogP contribution is 2.43. The minimum Gasteiger partial charge on any atom is -0.484 e. The Morgan fingerprint density at radius 1 is 1.23 bits per heavy atom. The van der Waals surface area contributed by atoms with Crippen LogP contribution in [0.5, 0.6) is 5.06 Å². The molecule has 1 atom stereocenters. The Kier molecular flexibility index (Phi) is 5.33. The summed E-state index contributed by atoms with van der Waals surface area (Å²) in [4.78, 5) is 25.0. The van der Waals surface area contributed by atoms with Crippen molar-refractivity contribution >= 4 is 28.0 Å². The Labute approximate surface area is 153 Å². The Morgan fingerprint density at radius 2 is 1.92 bits per heavy atom. The van der Waals surface area contributed by atoms with E-state index in [0.29, 0.717) is 23.7 Å². The van der Waals surface area contributed by atoms with Crippen LogP contribution in [-0.4, -0.2) is 24.3 Å². The van der Waals surface area contributed by atoms with E-state index in [-0.39, 0.29) is 10.6 Å². The number of ether oxygens (including phenoxy) is 1. The van der Waals surface area contributed by atoms with Crippen molar-refractivity contribution in [3.63, 3.8) is 0 Å². The van der Waals surface area contributed by atoms with Crippen LogP contribution < -0.4 is 15.8 Å². The van der Waals surface area contributed by atoms with E-state index in [9.17, 15) is 18.4 Å². The van der Waals surface area contributed by atoms with Gasteiger partial charge in [-0.05, 0) is 38.3 Å². The number of halogens is 2. The van der Waals surface area contributed by atoms with Crippen LogP contribution in [0.1, 0.15) is 41.3 Å². The number of ketones is 1. The van der Waals surface area contributed by atoms with Gasteiger partial charge in [0, 0.05) is 5.56 Å². The van der Waals surface area contributed by atoms with Gasteiger partial charge in [-0.25, -0.2) is 8.78 Å². The first-order chi connectivity index (χ1) is 12.4. The molecule has 1 aliphatic rings. The monoisotopic (exact) mass is 380 g/mol. The summed E-state index contributed by atoms with van der Waals surface area (Å²) in [6.07, 6.45) is 2.10. The number of hydrogen-bond acceptors (Lipinski definition) is 5. The minimum atomic E-state index is -0.950. The molecule has 0 fully saturated rings. The molecular formula is C18H18F2N2O3S. The highest BCUT2D eigenvalue weighted by molar-refractivity contribution is 7.18. The van der Waals surface area contributed by atoms with Crippen molar-refractivity contribution in [3.05, 3.63) is 46.5 Å². The lowest BCUT2D eigenvalue weighted by molar-refractivity contribution is -0.117. The summed E-state index contributed by atoms with van der Waals surface area (Å²) >= 11 is 1.08. The minimum absolute atomic E-state index is 0.0740. The number of carbonyl (C=O) groups excluding carboxylic acids is 2. The van der Waals surface area contributed by atoms with E-state index < -0.39 is 34.9 Å². The molecule has 0 spiro atoms. The maximum absolute atomic E-state index is 14.1. The largest absolute Gasteiger partial charge is 0.484 e. The van der Waals surface area contributed by atoms with Crippen LogP contribution in [0.2, 0.25) is 0 Å². The molecule has 0 radical (unpaired) electrons. The quantitative estimate of drug-likeness (QED) is 0.798. The van der Waals surface area contributed by atoms with Gasteiger partial charge in [-0.1, -0.05) is 17.4 Å². The van der Waals surface area contributed by atoms with Crippen LogP contribution in [0, 0.1) is 11.6 Å². The van der Waals surface area contributed by atoms with Gasteiger partial charge in [0.05, 0.1) is 23.8 Å². The number of benzene rings is 1. The van der Waals surface area contributed by atoms with Crippen molar-refractivity contribution in [1.82, 2.24) is 0 Å². The smallest absolute Gasteiger partial charge is 0.241 e. The summed E-state index contributed by atoms with van der Waals surface area (Å²) in [5.41, 5.74) is 5.57. The zero-order chi connectivity index (χ0) is 18.8. The van der Waals surface area contributed by atoms with Gasteiger partial charge in [-0.2, -0.15) is 0 Å². The fourth-order valence-electron chi connectivity index (χ4n) is 2.75. The van der Waals surface area contributed by atoms with E-state index in [1.165, 1.54) is 13.0 Å². The number of thiophene rings is 1. The Hall–Kier alpha value is -2.32. The summed E-state index contributed by atoms with van der Waals surface area (Å²) in [5, 5.41) is 3.28. The molecule has 0 saturated heterocycles. The topological polar surface area (TPSA) is 81.4 Å². The summed E-state index contributed by atoms with van der Waals surface area (Å²) < 4.78 is 33.9. The first kappa shape index (κ1) is 18.5. The molecule has 1 aromatic heterocycles. The molecule has 0 saturated carbocycles. The second kappa shape index (κ2) is 7.51. The normalized spacial score (nSPS) is 14.8. The molecule has 0 aliphatic carbocycles. The molecule has 0 bridgehead atoms. The number of hydrogen-bond donors (Lipinski definition) is 2. The molecule has 1 aliphatic heterocycles. The molecule has 1 unspecified atom stereocenters. The maximum Gasteiger partial charge on any atom is 0.241 e. The summed E-state index contributed by atoms with van der Waals surface area (Å²) in [6, 6.07) is 2.44. The highest BCUT2D eigenvalue weighted by Gasteiger charge is 2.30. The Bertz CT molecular complexity index is 844. The zero-order valence-electron chi connectivity index (χ0n) is 14.1. The number of fused-ring (bicyclic) bond motifs is 1. The lowest BCUT2D eigenvalue weighted by Crippen LogP contribution is -2.32. The third-order valence-corrected chi connectivity index (χ3v) is 5.15. The second-order valence-corrected chi connectivity index (χ2v) is 7.06. The molecule has 3 N–H and O–H groups in total. The van der Waals surface area contributed by atoms with Crippen molar-refractivity contribution in [2.24, 2.45) is 5.73 Å². The molecule has 138 valence electrons. The van der Waals surface area contributed by atoms with Gasteiger partial charge in [-0.15, -0.1) is 0 Å². The number of nitrogens with one attached hydrogen (secondary N) is 1. The van der Waals surface area contributed by atoms with Gasteiger partial charge >= 0.3 is 0 Å². The number of amides is 1. The SMILES string of the molecule is CC(N)C(=O)Nc1sc2c(c1C(=O)c1c(F)cccc1F)CCCCO2. The molecule has 1 amide bonds. The molecular weight excluding hydrogens is 362 g/mol. The van der Waals surface area contributed by atoms with E-state index in [4.69, 9.17) is 10.5 Å². The molecule has 2 aromatic rings. The molecule has 8 heteroatoms. The van der Waals surface area contributed by atoms with Crippen LogP contribution in [-0.2, 0) is 11.2 Å². The highest BCUT2D eigenvalue weighted by atomic mass is 32.1. The van der Waals surface area contributed by atoms with E-state index in [2.05, 4.69) is 5.32 Å². The van der Waals surface area contributed by atoms with Gasteiger partial charge in [0.25, 0.3) is 0 Å². The molecule has 26 heavy (non-hydrogen) atoms. The molecule has 2 heterocycles. The second-order valence-electron chi connectivity index (χ2n) is 6.08. The van der Waals surface area contributed by atoms with Gasteiger partial charge in [-0.3, -0.25) is 9.59 Å². The van der Waals surface area contributed by atoms with Crippen LogP contribution >= 0.6 is 11.3 Å². The van der Waals surface area contributed by atoms with Crippen LogP contribution in [0.3, 0.4) is 0 Å². The summed E-state index contributed by atoms with van der Waals surface area (Å²) in [7, 11) is 0. The average molecular weight is 380 g/mol. The maximum atomic E-state index is 14.1. The van der Waals surface area contributed by atoms with Crippen molar-refractivity contribution in [2.45, 2.75) is 32.2 Å². The van der Waals surface area contributed by atoms with Crippen LogP contribution in [0.4, 0.5) is 13.8 Å². The van der Waals surface area contributed by atoms with Gasteiger partial charge in [0.2, 0.25) is 11.7 Å². The Balaban J connectivity index is 2.13. The number of carbonyl (C=O) groups is 2. The van der Waals surface area contributed by atoms with Crippen molar-refractivity contribution in [2.75, 3.05) is 11.9 Å². The predicted molar refractivity (Wildman–Crippen MR) is 94.8 cm³/mol. The van der Waals surface area contributed by atoms with E-state index in [1.54, 1.807) is 0 Å². The first-order valence-corrected chi connectivity index (χ1v) is 9.05. The number of anilines is 1. The molecule has 3 rings (SSSR count). The summed E-state index contributed by atoms with van der Waals surface area (Å²) in [5.74, 6) is -3.21. The van der Waals surface area contributed by atoms with Gasteiger partial charge < -0.3 is 15.8 Å². The average Bonchev–Trinajstić information content (AvgIpc) is 2.75. The van der Waals surface area contributed by atoms with E-state index in [1.807, 2.05) is 0 Å². The number of rotatable bonds is 4. The Morgan fingerprint density at radius 3 is 2.58 bits per heavy atom. The molecule has 5 nitrogen and oxygen atoms in total. The van der Waals surface area contributed by atoms with E-state index in [0.717, 1.165) is 36.3 Å². The van der Waals surface area contributed by atoms with Crippen molar-refractivity contribution in [3.8, 4) is 5.06 Å². The zero-order valence-corrected chi connectivity index (χ0v) is 14.9. The van der Waals surface area contributed by atoms with Gasteiger partial charge in [0.1, 0.15) is 16.6 Å². The fourth-order valence-corrected chi connectivity index (χ4v) is 3.87. The van der Waals surface area contributed by atoms with Gasteiger partial charge in [0.15, 0.2) is 5.06 Å². The predicted octanol–water partition coefficient (Wildman–Crippen LogP) is 3.26. The standard InChI is InChI=1S/C18H18F2N2O3S/c1-9(21)16(24)22-17-13(10-5-2-3-8-25-18(10)26-17)15(23)14-11(19)6-4-7-12(14)20/h4,6-7,9H,2-3,5,8,21H2,1H3,(H,22,24). The number of nitrogens with two attached hydrogens (primary N) is 1. The lowest BCUT2D eigenvalue weighted by atomic mass is 9.97. The van der Waals surface area contributed by atoms with Crippen LogP contribution in [0.15, 0.2) is 18.2 Å². The lowest BCUT2D eigenvalue weighted by Gasteiger charge is -2.10. The van der Waals surface area contributed by atoms with Crippen LogP contribution in [0.25, 0.3) is 0 Å². The molecule has 1 aromatic carbocycles. The fraction of sp³-hybridized carbons (Fsp3) is 0.333. The third-order valence-electron chi connectivity index (χ3n) is 4.09.